The van der Waals surface area contributed by atoms with Crippen LogP contribution in [-0.4, -0.2) is 23.1 Å². The molecule has 0 unspecified atom stereocenters. The van der Waals surface area contributed by atoms with Gasteiger partial charge in [-0.2, -0.15) is 0 Å². The summed E-state index contributed by atoms with van der Waals surface area (Å²) in [5.41, 5.74) is 0.248. The number of ketones is 1. The van der Waals surface area contributed by atoms with Crippen molar-refractivity contribution in [1.29, 1.82) is 0 Å². The predicted octanol–water partition coefficient (Wildman–Crippen LogP) is 3.36. The molecule has 0 aliphatic rings. The second kappa shape index (κ2) is 9.51. The van der Waals surface area contributed by atoms with Gasteiger partial charge >= 0.3 is 0 Å². The van der Waals surface area contributed by atoms with E-state index in [9.17, 15) is 9.90 Å². The number of phenolic OH excluding ortho intramolecular Hbond substituents is 2. The Bertz CT molecular complexity index is 346. The van der Waals surface area contributed by atoms with Crippen LogP contribution in [0.15, 0.2) is 12.1 Å². The van der Waals surface area contributed by atoms with Gasteiger partial charge in [-0.25, -0.2) is 0 Å². The van der Waals surface area contributed by atoms with E-state index >= 15 is 0 Å². The minimum absolute atomic E-state index is 0.00694. The average Bonchev–Trinajstić information content (AvgIpc) is 2.37. The molecule has 0 fully saturated rings. The van der Waals surface area contributed by atoms with Gasteiger partial charge in [0.1, 0.15) is 0 Å². The third-order valence-corrected chi connectivity index (χ3v) is 1.69. The summed E-state index contributed by atoms with van der Waals surface area (Å²) in [6.07, 6.45) is 0. The van der Waals surface area contributed by atoms with E-state index in [0.29, 0.717) is 0 Å². The van der Waals surface area contributed by atoms with Gasteiger partial charge in [0.2, 0.25) is 5.75 Å². The lowest BCUT2D eigenvalue weighted by atomic mass is 10.1. The van der Waals surface area contributed by atoms with Crippen molar-refractivity contribution < 1.29 is 19.7 Å². The SMILES string of the molecule is CC.CC.COc1c(C(C)=O)ccc(O)c1O. The highest BCUT2D eigenvalue weighted by Gasteiger charge is 2.15. The maximum atomic E-state index is 11.0. The molecule has 0 aliphatic heterocycles. The minimum atomic E-state index is -0.407. The number of carbonyl (C=O) groups excluding carboxylic acids is 1. The molecule has 0 spiro atoms. The number of hydrogen-bond donors (Lipinski definition) is 2. The number of carbonyl (C=O) groups is 1. The summed E-state index contributed by atoms with van der Waals surface area (Å²) in [4.78, 5) is 11.0. The molecule has 0 aliphatic carbocycles. The first-order chi connectivity index (χ1) is 8.07. The summed E-state index contributed by atoms with van der Waals surface area (Å²) in [6, 6.07) is 2.64. The Morgan fingerprint density at radius 3 is 1.94 bits per heavy atom. The quantitative estimate of drug-likeness (QED) is 0.616. The molecule has 1 aromatic rings. The fraction of sp³-hybridized carbons (Fsp3) is 0.462. The second-order valence-corrected chi connectivity index (χ2v) is 2.57. The maximum absolute atomic E-state index is 11.0. The largest absolute Gasteiger partial charge is 0.504 e. The molecule has 0 amide bonds. The van der Waals surface area contributed by atoms with Gasteiger partial charge in [-0.3, -0.25) is 4.79 Å². The monoisotopic (exact) mass is 242 g/mol. The standard InChI is InChI=1S/C9H10O4.2C2H6/c1-5(10)6-3-4-7(11)8(12)9(6)13-2;2*1-2/h3-4,11-12H,1-2H3;2*1-2H3. The highest BCUT2D eigenvalue weighted by atomic mass is 16.5. The van der Waals surface area contributed by atoms with Crippen LogP contribution in [0, 0.1) is 0 Å². The molecular weight excluding hydrogens is 220 g/mol. The summed E-state index contributed by atoms with van der Waals surface area (Å²) in [6.45, 7) is 9.36. The molecule has 2 N–H and O–H groups in total. The molecule has 0 heterocycles. The van der Waals surface area contributed by atoms with Crippen molar-refractivity contribution in [2.75, 3.05) is 7.11 Å². The van der Waals surface area contributed by atoms with Gasteiger partial charge < -0.3 is 14.9 Å². The number of benzene rings is 1. The Morgan fingerprint density at radius 1 is 1.12 bits per heavy atom. The summed E-state index contributed by atoms with van der Waals surface area (Å²) >= 11 is 0. The zero-order valence-corrected chi connectivity index (χ0v) is 11.4. The Labute approximate surface area is 103 Å². The van der Waals surface area contributed by atoms with E-state index in [1.807, 2.05) is 27.7 Å². The number of rotatable bonds is 2. The van der Waals surface area contributed by atoms with Crippen LogP contribution in [0.1, 0.15) is 45.0 Å². The van der Waals surface area contributed by atoms with Gasteiger partial charge in [0, 0.05) is 0 Å². The fourth-order valence-corrected chi connectivity index (χ4v) is 1.04. The summed E-state index contributed by atoms with van der Waals surface area (Å²) in [5, 5.41) is 18.4. The van der Waals surface area contributed by atoms with Crippen LogP contribution < -0.4 is 4.74 Å². The lowest BCUT2D eigenvalue weighted by Crippen LogP contribution is -1.97. The second-order valence-electron chi connectivity index (χ2n) is 2.57. The highest BCUT2D eigenvalue weighted by Crippen LogP contribution is 2.37. The summed E-state index contributed by atoms with van der Waals surface area (Å²) < 4.78 is 4.79. The molecule has 4 nitrogen and oxygen atoms in total. The molecule has 0 aromatic heterocycles. The van der Waals surface area contributed by atoms with Gasteiger partial charge in [0.25, 0.3) is 0 Å². The maximum Gasteiger partial charge on any atom is 0.201 e. The molecular formula is C13H22O4. The van der Waals surface area contributed by atoms with Crippen molar-refractivity contribution >= 4 is 5.78 Å². The van der Waals surface area contributed by atoms with Crippen LogP contribution in [0.3, 0.4) is 0 Å². The first kappa shape index (κ1) is 17.7. The zero-order chi connectivity index (χ0) is 14.0. The first-order valence-electron chi connectivity index (χ1n) is 5.67. The van der Waals surface area contributed by atoms with E-state index in [2.05, 4.69) is 0 Å². The molecule has 1 rings (SSSR count). The van der Waals surface area contributed by atoms with E-state index in [4.69, 9.17) is 9.84 Å². The number of aromatic hydroxyl groups is 2. The third-order valence-electron chi connectivity index (χ3n) is 1.69. The van der Waals surface area contributed by atoms with Crippen molar-refractivity contribution in [3.05, 3.63) is 17.7 Å². The summed E-state index contributed by atoms with van der Waals surface area (Å²) in [5.74, 6) is -0.934. The lowest BCUT2D eigenvalue weighted by Gasteiger charge is -2.08. The number of hydrogen-bond acceptors (Lipinski definition) is 4. The van der Waals surface area contributed by atoms with Gasteiger partial charge in [0.05, 0.1) is 12.7 Å². The van der Waals surface area contributed by atoms with Crippen molar-refractivity contribution in [1.82, 2.24) is 0 Å². The highest BCUT2D eigenvalue weighted by molar-refractivity contribution is 5.98. The van der Waals surface area contributed by atoms with Crippen molar-refractivity contribution in [3.63, 3.8) is 0 Å². The van der Waals surface area contributed by atoms with Gasteiger partial charge in [-0.1, -0.05) is 27.7 Å². The molecule has 0 bridgehead atoms. The number of methoxy groups -OCH3 is 1. The van der Waals surface area contributed by atoms with E-state index in [0.717, 1.165) is 0 Å². The van der Waals surface area contributed by atoms with Crippen LogP contribution in [0.5, 0.6) is 17.2 Å². The van der Waals surface area contributed by atoms with Gasteiger partial charge in [-0.15, -0.1) is 0 Å². The molecule has 0 saturated carbocycles. The van der Waals surface area contributed by atoms with Gasteiger partial charge in [-0.05, 0) is 19.1 Å². The smallest absolute Gasteiger partial charge is 0.201 e. The van der Waals surface area contributed by atoms with E-state index < -0.39 is 5.75 Å². The molecule has 17 heavy (non-hydrogen) atoms. The van der Waals surface area contributed by atoms with Crippen LogP contribution >= 0.6 is 0 Å². The van der Waals surface area contributed by atoms with Crippen LogP contribution in [0.4, 0.5) is 0 Å². The zero-order valence-electron chi connectivity index (χ0n) is 11.4. The number of phenols is 2. The van der Waals surface area contributed by atoms with Crippen LogP contribution in [0.25, 0.3) is 0 Å². The van der Waals surface area contributed by atoms with E-state index in [1.165, 1.54) is 26.2 Å². The molecule has 0 saturated heterocycles. The van der Waals surface area contributed by atoms with Crippen molar-refractivity contribution in [3.8, 4) is 17.2 Å². The Kier molecular flexibility index (Phi) is 9.89. The van der Waals surface area contributed by atoms with Crippen molar-refractivity contribution in [2.24, 2.45) is 0 Å². The third kappa shape index (κ3) is 4.76. The lowest BCUT2D eigenvalue weighted by molar-refractivity contribution is 0.101. The first-order valence-corrected chi connectivity index (χ1v) is 5.67. The van der Waals surface area contributed by atoms with E-state index in [1.54, 1.807) is 0 Å². The molecule has 4 heteroatoms. The molecule has 0 atom stereocenters. The minimum Gasteiger partial charge on any atom is -0.504 e. The van der Waals surface area contributed by atoms with Crippen LogP contribution in [-0.2, 0) is 0 Å². The Hall–Kier alpha value is -1.71. The normalized spacial score (nSPS) is 8.12. The Balaban J connectivity index is 0. The molecule has 1 aromatic carbocycles. The van der Waals surface area contributed by atoms with Gasteiger partial charge in [0.15, 0.2) is 17.3 Å². The van der Waals surface area contributed by atoms with Crippen molar-refractivity contribution in [2.45, 2.75) is 34.6 Å². The topological polar surface area (TPSA) is 66.8 Å². The van der Waals surface area contributed by atoms with E-state index in [-0.39, 0.29) is 22.8 Å². The van der Waals surface area contributed by atoms with Crippen LogP contribution in [0.2, 0.25) is 0 Å². The number of Topliss-reactive ketones (excluding diaryl/α,β-unsaturated/α-hetero) is 1. The molecule has 98 valence electrons. The molecule has 0 radical (unpaired) electrons. The fourth-order valence-electron chi connectivity index (χ4n) is 1.04. The number of ether oxygens (including phenoxy) is 1. The summed E-state index contributed by atoms with van der Waals surface area (Å²) in [7, 11) is 1.32. The Morgan fingerprint density at radius 2 is 1.59 bits per heavy atom. The average molecular weight is 242 g/mol. The predicted molar refractivity (Wildman–Crippen MR) is 69.0 cm³/mol.